The maximum atomic E-state index is 13.2. The van der Waals surface area contributed by atoms with Crippen LogP contribution in [0.15, 0.2) is 83.8 Å². The molecule has 0 spiro atoms. The first-order chi connectivity index (χ1) is 15.1. The van der Waals surface area contributed by atoms with E-state index in [1.807, 2.05) is 77.7 Å². The largest absolute Gasteiger partial charge is 0.497 e. The number of methoxy groups -OCH3 is 2. The van der Waals surface area contributed by atoms with Gasteiger partial charge in [-0.25, -0.2) is 4.79 Å². The molecule has 0 radical (unpaired) electrons. The topological polar surface area (TPSA) is 55.8 Å². The van der Waals surface area contributed by atoms with Crippen molar-refractivity contribution in [2.24, 2.45) is 5.92 Å². The molecule has 1 fully saturated rings. The smallest absolute Gasteiger partial charge is 0.338 e. The third-order valence-corrected chi connectivity index (χ3v) is 6.61. The van der Waals surface area contributed by atoms with E-state index in [4.69, 9.17) is 9.47 Å². The van der Waals surface area contributed by atoms with Gasteiger partial charge in [-0.3, -0.25) is 4.79 Å². The molecule has 2 atom stereocenters. The van der Waals surface area contributed by atoms with Gasteiger partial charge in [0.1, 0.15) is 5.75 Å². The highest BCUT2D eigenvalue weighted by molar-refractivity contribution is 7.99. The van der Waals surface area contributed by atoms with Crippen LogP contribution < -0.4 is 9.64 Å². The molecule has 1 heterocycles. The lowest BCUT2D eigenvalue weighted by Crippen LogP contribution is -2.56. The average Bonchev–Trinajstić information content (AvgIpc) is 2.83. The zero-order valence-corrected chi connectivity index (χ0v) is 18.2. The average molecular weight is 434 g/mol. The second-order valence-electron chi connectivity index (χ2n) is 7.17. The van der Waals surface area contributed by atoms with Gasteiger partial charge in [-0.15, -0.1) is 11.8 Å². The van der Waals surface area contributed by atoms with Crippen molar-refractivity contribution in [3.63, 3.8) is 0 Å². The van der Waals surface area contributed by atoms with E-state index in [0.29, 0.717) is 11.3 Å². The summed E-state index contributed by atoms with van der Waals surface area (Å²) in [6, 6.07) is 24.8. The number of amides is 1. The van der Waals surface area contributed by atoms with Crippen LogP contribution >= 0.6 is 11.8 Å². The second-order valence-corrected chi connectivity index (χ2v) is 8.23. The van der Waals surface area contributed by atoms with E-state index in [-0.39, 0.29) is 23.8 Å². The van der Waals surface area contributed by atoms with Crippen LogP contribution in [-0.4, -0.2) is 31.8 Å². The van der Waals surface area contributed by atoms with Crippen molar-refractivity contribution < 1.29 is 19.1 Å². The molecule has 0 unspecified atom stereocenters. The highest BCUT2D eigenvalue weighted by atomic mass is 32.2. The Bertz CT molecular complexity index is 1070. The van der Waals surface area contributed by atoms with E-state index in [1.54, 1.807) is 13.2 Å². The maximum Gasteiger partial charge on any atom is 0.338 e. The number of benzene rings is 3. The first-order valence-corrected chi connectivity index (χ1v) is 10.9. The predicted molar refractivity (Wildman–Crippen MR) is 122 cm³/mol. The number of hydrogen-bond donors (Lipinski definition) is 0. The van der Waals surface area contributed by atoms with E-state index < -0.39 is 0 Å². The number of thioether (sulfide) groups is 1. The van der Waals surface area contributed by atoms with E-state index >= 15 is 0 Å². The molecule has 1 amide bonds. The van der Waals surface area contributed by atoms with Crippen molar-refractivity contribution >= 4 is 29.3 Å². The molecule has 31 heavy (non-hydrogen) atoms. The summed E-state index contributed by atoms with van der Waals surface area (Å²) in [4.78, 5) is 27.9. The number of rotatable bonds is 7. The standard InChI is InChI=1S/C25H23NO4S/c1-29-19-14-12-18(13-15-19)26-23(17-8-4-3-5-9-17)21(24(26)27)16-31-22-11-7-6-10-20(22)25(28)30-2/h3-15,21,23H,16H2,1-2H3/t21-,23-/m1/s1. The van der Waals surface area contributed by atoms with E-state index in [2.05, 4.69) is 0 Å². The number of hydrogen-bond acceptors (Lipinski definition) is 5. The summed E-state index contributed by atoms with van der Waals surface area (Å²) in [5.41, 5.74) is 2.45. The molecule has 0 aromatic heterocycles. The summed E-state index contributed by atoms with van der Waals surface area (Å²) in [5.74, 6) is 0.822. The van der Waals surface area contributed by atoms with Gasteiger partial charge in [0.2, 0.25) is 5.91 Å². The number of anilines is 1. The van der Waals surface area contributed by atoms with Gasteiger partial charge in [0.05, 0.1) is 31.7 Å². The number of esters is 1. The highest BCUT2D eigenvalue weighted by Gasteiger charge is 2.48. The summed E-state index contributed by atoms with van der Waals surface area (Å²) in [6.07, 6.45) is 0. The first kappa shape index (κ1) is 21.0. The van der Waals surface area contributed by atoms with Crippen molar-refractivity contribution in [1.29, 1.82) is 0 Å². The van der Waals surface area contributed by atoms with Crippen LogP contribution in [-0.2, 0) is 9.53 Å². The van der Waals surface area contributed by atoms with Gasteiger partial charge in [0.15, 0.2) is 0 Å². The Labute approximate surface area is 186 Å². The molecule has 0 aliphatic carbocycles. The van der Waals surface area contributed by atoms with Crippen molar-refractivity contribution in [2.45, 2.75) is 10.9 Å². The Kier molecular flexibility index (Phi) is 6.28. The van der Waals surface area contributed by atoms with Crippen LogP contribution in [0.2, 0.25) is 0 Å². The molecule has 5 nitrogen and oxygen atoms in total. The highest BCUT2D eigenvalue weighted by Crippen LogP contribution is 2.46. The zero-order valence-electron chi connectivity index (χ0n) is 17.4. The molecule has 3 aromatic rings. The minimum atomic E-state index is -0.373. The fourth-order valence-electron chi connectivity index (χ4n) is 3.82. The molecule has 6 heteroatoms. The van der Waals surface area contributed by atoms with Crippen LogP contribution in [0.1, 0.15) is 22.0 Å². The van der Waals surface area contributed by atoms with Gasteiger partial charge in [0, 0.05) is 16.3 Å². The molecule has 1 aliphatic rings. The van der Waals surface area contributed by atoms with Crippen LogP contribution in [0.3, 0.4) is 0 Å². The molecular weight excluding hydrogens is 410 g/mol. The molecule has 0 bridgehead atoms. The normalized spacial score (nSPS) is 17.7. The predicted octanol–water partition coefficient (Wildman–Crippen LogP) is 4.98. The van der Waals surface area contributed by atoms with Crippen LogP contribution in [0.25, 0.3) is 0 Å². The lowest BCUT2D eigenvalue weighted by molar-refractivity contribution is -0.129. The van der Waals surface area contributed by atoms with E-state index in [9.17, 15) is 9.59 Å². The quantitative estimate of drug-likeness (QED) is 0.299. The fourth-order valence-corrected chi connectivity index (χ4v) is 4.99. The molecule has 0 saturated carbocycles. The van der Waals surface area contributed by atoms with Crippen LogP contribution in [0.4, 0.5) is 5.69 Å². The Morgan fingerprint density at radius 1 is 0.935 bits per heavy atom. The molecule has 1 saturated heterocycles. The molecular formula is C25H23NO4S. The fraction of sp³-hybridized carbons (Fsp3) is 0.200. The Morgan fingerprint density at radius 3 is 2.29 bits per heavy atom. The van der Waals surface area contributed by atoms with Crippen molar-refractivity contribution in [2.75, 3.05) is 24.9 Å². The second kappa shape index (κ2) is 9.27. The lowest BCUT2D eigenvalue weighted by atomic mass is 9.83. The van der Waals surface area contributed by atoms with Crippen molar-refractivity contribution in [3.8, 4) is 5.75 Å². The number of nitrogens with zero attached hydrogens (tertiary/aromatic N) is 1. The third kappa shape index (κ3) is 4.16. The lowest BCUT2D eigenvalue weighted by Gasteiger charge is -2.47. The minimum absolute atomic E-state index is 0.0696. The van der Waals surface area contributed by atoms with E-state index in [0.717, 1.165) is 21.9 Å². The molecule has 158 valence electrons. The van der Waals surface area contributed by atoms with Gasteiger partial charge in [0.25, 0.3) is 0 Å². The van der Waals surface area contributed by atoms with Gasteiger partial charge in [-0.1, -0.05) is 42.5 Å². The Hall–Kier alpha value is -3.25. The number of ether oxygens (including phenoxy) is 2. The Morgan fingerprint density at radius 2 is 1.61 bits per heavy atom. The van der Waals surface area contributed by atoms with Crippen molar-refractivity contribution in [1.82, 2.24) is 0 Å². The molecule has 4 rings (SSSR count). The molecule has 3 aromatic carbocycles. The summed E-state index contributed by atoms with van der Waals surface area (Å²) in [7, 11) is 2.99. The minimum Gasteiger partial charge on any atom is -0.497 e. The Balaban J connectivity index is 1.59. The van der Waals surface area contributed by atoms with Gasteiger partial charge in [-0.05, 0) is 42.0 Å². The summed E-state index contributed by atoms with van der Waals surface area (Å²) < 4.78 is 10.1. The van der Waals surface area contributed by atoms with Crippen LogP contribution in [0, 0.1) is 5.92 Å². The summed E-state index contributed by atoms with van der Waals surface area (Å²) >= 11 is 1.51. The summed E-state index contributed by atoms with van der Waals surface area (Å²) in [6.45, 7) is 0. The number of carbonyl (C=O) groups is 2. The maximum absolute atomic E-state index is 13.2. The van der Waals surface area contributed by atoms with Crippen LogP contribution in [0.5, 0.6) is 5.75 Å². The molecule has 1 aliphatic heterocycles. The van der Waals surface area contributed by atoms with Crippen molar-refractivity contribution in [3.05, 3.63) is 90.0 Å². The summed E-state index contributed by atoms with van der Waals surface area (Å²) in [5, 5.41) is 0. The third-order valence-electron chi connectivity index (χ3n) is 5.42. The number of carbonyl (C=O) groups excluding carboxylic acids is 2. The number of β-lactam (4-membered cyclic amide) rings is 1. The monoisotopic (exact) mass is 433 g/mol. The molecule has 0 N–H and O–H groups in total. The SMILES string of the molecule is COC(=O)c1ccccc1SC[C@H]1C(=O)N(c2ccc(OC)cc2)[C@@H]1c1ccccc1. The van der Waals surface area contributed by atoms with Gasteiger partial charge >= 0.3 is 5.97 Å². The van der Waals surface area contributed by atoms with Gasteiger partial charge in [-0.2, -0.15) is 0 Å². The van der Waals surface area contributed by atoms with Gasteiger partial charge < -0.3 is 14.4 Å². The van der Waals surface area contributed by atoms with E-state index in [1.165, 1.54) is 18.9 Å². The first-order valence-electron chi connectivity index (χ1n) is 9.96. The zero-order chi connectivity index (χ0) is 21.8.